The van der Waals surface area contributed by atoms with Gasteiger partial charge < -0.3 is 15.7 Å². The van der Waals surface area contributed by atoms with Gasteiger partial charge >= 0.3 is 0 Å². The fourth-order valence-corrected chi connectivity index (χ4v) is 6.33. The Bertz CT molecular complexity index is 798. The summed E-state index contributed by atoms with van der Waals surface area (Å²) in [5.74, 6) is 0.515. The smallest absolute Gasteiger partial charge is 0.217 e. The number of allylic oxidation sites excluding steroid dienone is 3. The normalized spacial score (nSPS) is 43.8. The van der Waals surface area contributed by atoms with E-state index in [0.717, 1.165) is 25.7 Å². The lowest BCUT2D eigenvalue weighted by Crippen LogP contribution is -2.54. The van der Waals surface area contributed by atoms with Gasteiger partial charge in [0.25, 0.3) is 0 Å². The number of hydrogen-bond donors (Lipinski definition) is 3. The third-order valence-corrected chi connectivity index (χ3v) is 7.83. The second-order valence-corrected chi connectivity index (χ2v) is 9.61. The van der Waals surface area contributed by atoms with Crippen molar-refractivity contribution in [3.63, 3.8) is 0 Å². The highest BCUT2D eigenvalue weighted by molar-refractivity contribution is 5.74. The highest BCUT2D eigenvalue weighted by Gasteiger charge is 2.55. The van der Waals surface area contributed by atoms with Gasteiger partial charge in [-0.3, -0.25) is 9.59 Å². The molecule has 5 nitrogen and oxygen atoms in total. The standard InChI is InChI=1S/C23H32N2O3/c1-13(26)24-19-12-15-11-16(28)7-9-22(15,3)18-8-10-23(4)17(21(18)19)5-6-20(23)25-14(2)27/h5-7,9,15-17,19-20,28H,8,10-12H2,1-4H3,(H,24,26)(H,25,27)/t15-,16?,17-,19-,20-,22-,23-/m0/s1. The Morgan fingerprint density at radius 2 is 1.79 bits per heavy atom. The quantitative estimate of drug-likeness (QED) is 0.641. The molecule has 3 N–H and O–H groups in total. The highest BCUT2D eigenvalue weighted by Crippen LogP contribution is 2.60. The number of fused-ring (bicyclic) bond motifs is 4. The second-order valence-electron chi connectivity index (χ2n) is 9.61. The molecule has 2 amide bonds. The molecule has 0 radical (unpaired) electrons. The van der Waals surface area contributed by atoms with Crippen LogP contribution in [0.3, 0.4) is 0 Å². The summed E-state index contributed by atoms with van der Waals surface area (Å²) in [5, 5.41) is 16.5. The highest BCUT2D eigenvalue weighted by atomic mass is 16.3. The number of carbonyl (C=O) groups is 2. The van der Waals surface area contributed by atoms with E-state index in [0.29, 0.717) is 5.92 Å². The zero-order chi connectivity index (χ0) is 20.3. The van der Waals surface area contributed by atoms with Crippen LogP contribution in [0.2, 0.25) is 0 Å². The number of nitrogens with one attached hydrogen (secondary N) is 2. The summed E-state index contributed by atoms with van der Waals surface area (Å²) in [6.45, 7) is 7.71. The first-order chi connectivity index (χ1) is 13.1. The van der Waals surface area contributed by atoms with Crippen molar-refractivity contribution in [2.24, 2.45) is 22.7 Å². The van der Waals surface area contributed by atoms with E-state index in [1.807, 2.05) is 6.08 Å². The van der Waals surface area contributed by atoms with Gasteiger partial charge in [0.1, 0.15) is 0 Å². The molecule has 5 heteroatoms. The van der Waals surface area contributed by atoms with Gasteiger partial charge in [-0.25, -0.2) is 0 Å². The maximum absolute atomic E-state index is 12.0. The van der Waals surface area contributed by atoms with Crippen molar-refractivity contribution < 1.29 is 14.7 Å². The van der Waals surface area contributed by atoms with Gasteiger partial charge in [-0.15, -0.1) is 0 Å². The minimum absolute atomic E-state index is 0.00497. The molecule has 0 saturated carbocycles. The SMILES string of the molecule is CC(=O)N[C@H]1C[C@@H]2CC(O)C=C[C@]2(C)C2=C1[C@@H]1C=C[C@H](NC(C)=O)[C@@]1(C)CC2. The van der Waals surface area contributed by atoms with Gasteiger partial charge in [0, 0.05) is 30.6 Å². The first-order valence-electron chi connectivity index (χ1n) is 10.5. The van der Waals surface area contributed by atoms with E-state index in [1.165, 1.54) is 11.1 Å². The first kappa shape index (κ1) is 19.4. The maximum Gasteiger partial charge on any atom is 0.217 e. The van der Waals surface area contributed by atoms with Gasteiger partial charge in [-0.2, -0.15) is 0 Å². The van der Waals surface area contributed by atoms with Crippen LogP contribution < -0.4 is 10.6 Å². The van der Waals surface area contributed by atoms with Crippen molar-refractivity contribution in [3.05, 3.63) is 35.5 Å². The number of aliphatic hydroxyl groups is 1. The molecule has 0 aromatic carbocycles. The van der Waals surface area contributed by atoms with Gasteiger partial charge in [0.2, 0.25) is 11.8 Å². The zero-order valence-electron chi connectivity index (χ0n) is 17.3. The van der Waals surface area contributed by atoms with E-state index < -0.39 is 6.10 Å². The lowest BCUT2D eigenvalue weighted by Gasteiger charge is -2.55. The van der Waals surface area contributed by atoms with Crippen LogP contribution in [-0.4, -0.2) is 35.1 Å². The topological polar surface area (TPSA) is 78.4 Å². The average molecular weight is 385 g/mol. The Morgan fingerprint density at radius 3 is 2.46 bits per heavy atom. The first-order valence-corrected chi connectivity index (χ1v) is 10.5. The van der Waals surface area contributed by atoms with E-state index in [1.54, 1.807) is 13.8 Å². The van der Waals surface area contributed by atoms with Crippen LogP contribution in [0.25, 0.3) is 0 Å². The fraction of sp³-hybridized carbons (Fsp3) is 0.652. The number of rotatable bonds is 2. The van der Waals surface area contributed by atoms with Crippen molar-refractivity contribution in [2.45, 2.75) is 71.6 Å². The Kier molecular flexibility index (Phi) is 4.57. The molecule has 0 spiro atoms. The molecule has 0 fully saturated rings. The minimum atomic E-state index is -0.400. The summed E-state index contributed by atoms with van der Waals surface area (Å²) < 4.78 is 0. The zero-order valence-corrected chi connectivity index (χ0v) is 17.3. The Balaban J connectivity index is 1.80. The van der Waals surface area contributed by atoms with E-state index in [9.17, 15) is 14.7 Å². The third kappa shape index (κ3) is 2.86. The molecule has 4 aliphatic carbocycles. The van der Waals surface area contributed by atoms with Crippen LogP contribution in [0.1, 0.15) is 53.4 Å². The molecule has 0 aromatic heterocycles. The molecule has 4 rings (SSSR count). The number of hydrogen-bond acceptors (Lipinski definition) is 3. The van der Waals surface area contributed by atoms with Crippen molar-refractivity contribution in [1.82, 2.24) is 10.6 Å². The Hall–Kier alpha value is -1.88. The van der Waals surface area contributed by atoms with Crippen LogP contribution in [-0.2, 0) is 9.59 Å². The Labute approximate surface area is 167 Å². The van der Waals surface area contributed by atoms with Crippen LogP contribution in [0.5, 0.6) is 0 Å². The van der Waals surface area contributed by atoms with Crippen molar-refractivity contribution in [1.29, 1.82) is 0 Å². The lowest BCUT2D eigenvalue weighted by atomic mass is 9.51. The van der Waals surface area contributed by atoms with Crippen LogP contribution in [0, 0.1) is 22.7 Å². The molecule has 1 unspecified atom stereocenters. The van der Waals surface area contributed by atoms with Crippen molar-refractivity contribution in [3.8, 4) is 0 Å². The molecule has 152 valence electrons. The molecule has 0 aliphatic heterocycles. The molecule has 0 saturated heterocycles. The van der Waals surface area contributed by atoms with E-state index in [-0.39, 0.29) is 40.6 Å². The molecular formula is C23H32N2O3. The van der Waals surface area contributed by atoms with Crippen LogP contribution in [0.15, 0.2) is 35.5 Å². The number of aliphatic hydroxyl groups excluding tert-OH is 1. The minimum Gasteiger partial charge on any atom is -0.389 e. The van der Waals surface area contributed by atoms with Crippen molar-refractivity contribution in [2.75, 3.05) is 0 Å². The van der Waals surface area contributed by atoms with Crippen LogP contribution in [0.4, 0.5) is 0 Å². The van der Waals surface area contributed by atoms with E-state index in [2.05, 4.69) is 42.7 Å². The van der Waals surface area contributed by atoms with Gasteiger partial charge in [0.05, 0.1) is 18.2 Å². The summed E-state index contributed by atoms with van der Waals surface area (Å²) in [6.07, 6.45) is 11.7. The number of carbonyl (C=O) groups excluding carboxylic acids is 2. The molecule has 7 atom stereocenters. The second kappa shape index (κ2) is 6.58. The fourth-order valence-electron chi connectivity index (χ4n) is 6.33. The van der Waals surface area contributed by atoms with E-state index >= 15 is 0 Å². The summed E-state index contributed by atoms with van der Waals surface area (Å²) in [6, 6.07) is 0.0194. The third-order valence-electron chi connectivity index (χ3n) is 7.83. The largest absolute Gasteiger partial charge is 0.389 e. The summed E-state index contributed by atoms with van der Waals surface area (Å²) in [4.78, 5) is 23.7. The predicted molar refractivity (Wildman–Crippen MR) is 108 cm³/mol. The summed E-state index contributed by atoms with van der Waals surface area (Å²) in [5.41, 5.74) is 2.64. The van der Waals surface area contributed by atoms with E-state index in [4.69, 9.17) is 0 Å². The molecular weight excluding hydrogens is 352 g/mol. The molecule has 4 aliphatic rings. The number of amides is 2. The molecule has 0 aromatic rings. The molecule has 0 bridgehead atoms. The van der Waals surface area contributed by atoms with Crippen molar-refractivity contribution >= 4 is 11.8 Å². The predicted octanol–water partition coefficient (Wildman–Crippen LogP) is 2.63. The van der Waals surface area contributed by atoms with Gasteiger partial charge in [0.15, 0.2) is 0 Å². The average Bonchev–Trinajstić information content (AvgIpc) is 2.92. The van der Waals surface area contributed by atoms with Gasteiger partial charge in [-0.05, 0) is 37.2 Å². The van der Waals surface area contributed by atoms with Crippen LogP contribution >= 0.6 is 0 Å². The lowest BCUT2D eigenvalue weighted by molar-refractivity contribution is -0.120. The molecule has 28 heavy (non-hydrogen) atoms. The maximum atomic E-state index is 12.0. The van der Waals surface area contributed by atoms with Gasteiger partial charge in [-0.1, -0.05) is 43.7 Å². The monoisotopic (exact) mass is 384 g/mol. The summed E-state index contributed by atoms with van der Waals surface area (Å²) >= 11 is 0. The Morgan fingerprint density at radius 1 is 1.07 bits per heavy atom. The summed E-state index contributed by atoms with van der Waals surface area (Å²) in [7, 11) is 0. The molecule has 0 heterocycles.